The zero-order valence-electron chi connectivity index (χ0n) is 22.9. The maximum absolute atomic E-state index is 12.6. The fraction of sp³-hybridized carbons (Fsp3) is 0.258. The molecule has 39 heavy (non-hydrogen) atoms. The number of hydrazone groups is 1. The van der Waals surface area contributed by atoms with Crippen LogP contribution in [0.15, 0.2) is 83.6 Å². The Bertz CT molecular complexity index is 1410. The molecule has 0 saturated carbocycles. The van der Waals surface area contributed by atoms with E-state index in [1.54, 1.807) is 44.7 Å². The molecule has 3 aromatic carbocycles. The highest BCUT2D eigenvalue weighted by molar-refractivity contribution is 5.95. The molecule has 1 aliphatic heterocycles. The first kappa shape index (κ1) is 27.4. The zero-order valence-corrected chi connectivity index (χ0v) is 22.9. The summed E-state index contributed by atoms with van der Waals surface area (Å²) in [4.78, 5) is 26.3. The average molecular weight is 527 g/mol. The third kappa shape index (κ3) is 5.95. The van der Waals surface area contributed by atoms with Crippen molar-refractivity contribution in [1.29, 1.82) is 0 Å². The van der Waals surface area contributed by atoms with Crippen molar-refractivity contribution in [3.8, 4) is 11.5 Å². The summed E-state index contributed by atoms with van der Waals surface area (Å²) in [6.07, 6.45) is 4.28. The number of carbonyl (C=O) groups excluding carboxylic acids is 2. The second-order valence-electron chi connectivity index (χ2n) is 9.52. The summed E-state index contributed by atoms with van der Waals surface area (Å²) >= 11 is 0. The van der Waals surface area contributed by atoms with Crippen LogP contribution < -0.4 is 25.1 Å². The molecule has 0 aromatic heterocycles. The summed E-state index contributed by atoms with van der Waals surface area (Å²) in [6, 6.07) is 20.9. The van der Waals surface area contributed by atoms with Gasteiger partial charge in [0.1, 0.15) is 11.5 Å². The third-order valence-electron chi connectivity index (χ3n) is 6.90. The lowest BCUT2D eigenvalue weighted by molar-refractivity contribution is -0.114. The van der Waals surface area contributed by atoms with E-state index in [2.05, 4.69) is 46.7 Å². The lowest BCUT2D eigenvalue weighted by Crippen LogP contribution is -2.31. The van der Waals surface area contributed by atoms with E-state index in [-0.39, 0.29) is 11.8 Å². The molecule has 202 valence electrons. The molecule has 0 fully saturated rings. The predicted octanol–water partition coefficient (Wildman–Crippen LogP) is 5.30. The van der Waals surface area contributed by atoms with Gasteiger partial charge >= 0.3 is 0 Å². The average Bonchev–Trinajstić information content (AvgIpc) is 3.17. The maximum atomic E-state index is 12.6. The molecule has 1 unspecified atom stereocenters. The van der Waals surface area contributed by atoms with Gasteiger partial charge in [0, 0.05) is 47.7 Å². The van der Waals surface area contributed by atoms with Gasteiger partial charge in [-0.2, -0.15) is 5.10 Å². The minimum Gasteiger partial charge on any atom is -0.497 e. The molecule has 0 radical (unpaired) electrons. The number of hydrogen-bond acceptors (Lipinski definition) is 6. The monoisotopic (exact) mass is 526 g/mol. The largest absolute Gasteiger partial charge is 0.497 e. The van der Waals surface area contributed by atoms with Gasteiger partial charge in [0.25, 0.3) is 5.91 Å². The molecular weight excluding hydrogens is 492 g/mol. The number of amides is 2. The van der Waals surface area contributed by atoms with Crippen molar-refractivity contribution in [3.05, 3.63) is 95.2 Å². The summed E-state index contributed by atoms with van der Waals surface area (Å²) in [6.45, 7) is 6.57. The Hall–Kier alpha value is -4.59. The number of fused-ring (bicyclic) bond motifs is 1. The van der Waals surface area contributed by atoms with E-state index in [4.69, 9.17) is 9.47 Å². The molecule has 0 spiro atoms. The highest BCUT2D eigenvalue weighted by Crippen LogP contribution is 2.50. The number of hydrogen-bond donors (Lipinski definition) is 2. The van der Waals surface area contributed by atoms with Crippen LogP contribution >= 0.6 is 0 Å². The number of likely N-dealkylation sites (N-methyl/N-ethyl adjacent to an activating group) is 1. The van der Waals surface area contributed by atoms with E-state index in [0.717, 1.165) is 40.5 Å². The Balaban J connectivity index is 1.65. The van der Waals surface area contributed by atoms with Gasteiger partial charge in [-0.05, 0) is 86.0 Å². The topological polar surface area (TPSA) is 92.3 Å². The highest BCUT2D eigenvalue weighted by atomic mass is 16.5. The van der Waals surface area contributed by atoms with Crippen molar-refractivity contribution in [2.75, 3.05) is 31.0 Å². The second-order valence-corrected chi connectivity index (χ2v) is 9.52. The summed E-state index contributed by atoms with van der Waals surface area (Å²) < 4.78 is 10.8. The number of carbonyl (C=O) groups is 2. The van der Waals surface area contributed by atoms with Gasteiger partial charge < -0.3 is 19.7 Å². The van der Waals surface area contributed by atoms with Crippen molar-refractivity contribution < 1.29 is 19.1 Å². The van der Waals surface area contributed by atoms with Crippen LogP contribution in [0.1, 0.15) is 42.3 Å². The van der Waals surface area contributed by atoms with Crippen molar-refractivity contribution in [2.24, 2.45) is 5.10 Å². The molecule has 3 aromatic rings. The molecule has 8 heteroatoms. The van der Waals surface area contributed by atoms with Crippen molar-refractivity contribution in [2.45, 2.75) is 32.6 Å². The summed E-state index contributed by atoms with van der Waals surface area (Å²) in [5.74, 6) is 0.968. The molecule has 1 atom stereocenters. The lowest BCUT2D eigenvalue weighted by atomic mass is 9.76. The van der Waals surface area contributed by atoms with Crippen molar-refractivity contribution >= 4 is 29.4 Å². The highest BCUT2D eigenvalue weighted by Gasteiger charge is 2.43. The Labute approximate surface area is 229 Å². The third-order valence-corrected chi connectivity index (χ3v) is 6.90. The fourth-order valence-corrected chi connectivity index (χ4v) is 5.04. The molecule has 2 N–H and O–H groups in total. The van der Waals surface area contributed by atoms with E-state index in [1.165, 1.54) is 6.92 Å². The number of nitrogens with zero attached hydrogens (tertiary/aromatic N) is 2. The van der Waals surface area contributed by atoms with Crippen LogP contribution in [-0.4, -0.2) is 38.8 Å². The Morgan fingerprint density at radius 3 is 2.38 bits per heavy atom. The molecule has 1 heterocycles. The summed E-state index contributed by atoms with van der Waals surface area (Å²) in [5, 5.41) is 7.03. The smallest absolute Gasteiger partial charge is 0.271 e. The minimum atomic E-state index is -0.405. The van der Waals surface area contributed by atoms with Gasteiger partial charge in [-0.15, -0.1) is 0 Å². The molecule has 4 rings (SSSR count). The summed E-state index contributed by atoms with van der Waals surface area (Å²) in [5.41, 5.74) is 7.84. The lowest BCUT2D eigenvalue weighted by Gasteiger charge is -2.30. The van der Waals surface area contributed by atoms with E-state index < -0.39 is 5.41 Å². The standard InChI is InChI=1S/C31H34N4O4/c1-6-35-28-15-14-26(39-5)19-27(28)31(3,20-22-10-12-24(13-11-22)33-21(2)36)29(35)16-17-32-34-30(37)23-8-7-9-25(18-23)38-4/h7-19H,6,20H2,1-5H3,(H,33,36)(H,34,37)/b29-16-,32-17+. The number of ether oxygens (including phenoxy) is 2. The molecule has 0 aliphatic carbocycles. The van der Waals surface area contributed by atoms with E-state index in [9.17, 15) is 9.59 Å². The molecule has 1 aliphatic rings. The summed E-state index contributed by atoms with van der Waals surface area (Å²) in [7, 11) is 3.23. The van der Waals surface area contributed by atoms with Crippen LogP contribution in [0, 0.1) is 0 Å². The van der Waals surface area contributed by atoms with Gasteiger partial charge in [0.15, 0.2) is 0 Å². The second kappa shape index (κ2) is 11.9. The Morgan fingerprint density at radius 2 is 1.72 bits per heavy atom. The van der Waals surface area contributed by atoms with Gasteiger partial charge in [-0.3, -0.25) is 9.59 Å². The molecule has 0 saturated heterocycles. The molecule has 0 bridgehead atoms. The number of allylic oxidation sites excluding steroid dienone is 2. The van der Waals surface area contributed by atoms with Gasteiger partial charge in [0.05, 0.1) is 14.2 Å². The van der Waals surface area contributed by atoms with E-state index >= 15 is 0 Å². The predicted molar refractivity (Wildman–Crippen MR) is 155 cm³/mol. The van der Waals surface area contributed by atoms with Crippen LogP contribution in [0.4, 0.5) is 11.4 Å². The quantitative estimate of drug-likeness (QED) is 0.292. The SMILES string of the molecule is CCN1/C(=C\C=N\NC(=O)c2cccc(OC)c2)C(C)(Cc2ccc(NC(C)=O)cc2)c2cc(OC)ccc21. The number of nitrogens with one attached hydrogen (secondary N) is 2. The van der Waals surface area contributed by atoms with E-state index in [0.29, 0.717) is 17.7 Å². The van der Waals surface area contributed by atoms with Crippen LogP contribution in [0.3, 0.4) is 0 Å². The van der Waals surface area contributed by atoms with Crippen LogP contribution in [-0.2, 0) is 16.6 Å². The Kier molecular flexibility index (Phi) is 8.34. The number of anilines is 2. The minimum absolute atomic E-state index is 0.104. The zero-order chi connectivity index (χ0) is 28.0. The Morgan fingerprint density at radius 1 is 1.00 bits per heavy atom. The van der Waals surface area contributed by atoms with Crippen LogP contribution in [0.5, 0.6) is 11.5 Å². The van der Waals surface area contributed by atoms with Gasteiger partial charge in [-0.25, -0.2) is 5.43 Å². The first-order valence-electron chi connectivity index (χ1n) is 12.8. The van der Waals surface area contributed by atoms with Crippen LogP contribution in [0.2, 0.25) is 0 Å². The molecule has 8 nitrogen and oxygen atoms in total. The number of rotatable bonds is 9. The number of benzene rings is 3. The van der Waals surface area contributed by atoms with Gasteiger partial charge in [-0.1, -0.05) is 18.2 Å². The molecular formula is C31H34N4O4. The van der Waals surface area contributed by atoms with Crippen molar-refractivity contribution in [3.63, 3.8) is 0 Å². The van der Waals surface area contributed by atoms with E-state index in [1.807, 2.05) is 36.4 Å². The maximum Gasteiger partial charge on any atom is 0.271 e. The number of methoxy groups -OCH3 is 2. The first-order valence-corrected chi connectivity index (χ1v) is 12.8. The van der Waals surface area contributed by atoms with Gasteiger partial charge in [0.2, 0.25) is 5.91 Å². The first-order chi connectivity index (χ1) is 18.8. The molecule has 2 amide bonds. The normalized spacial score (nSPS) is 17.3. The van der Waals surface area contributed by atoms with Crippen LogP contribution in [0.25, 0.3) is 0 Å². The fourth-order valence-electron chi connectivity index (χ4n) is 5.04. The van der Waals surface area contributed by atoms with Crippen molar-refractivity contribution in [1.82, 2.24) is 5.43 Å².